The molecule has 5 nitrogen and oxygen atoms in total. The molecule has 3 rings (SSSR count). The third kappa shape index (κ3) is 4.89. The van der Waals surface area contributed by atoms with Crippen LogP contribution in [0.5, 0.6) is 0 Å². The van der Waals surface area contributed by atoms with Crippen molar-refractivity contribution < 1.29 is 9.53 Å². The quantitative estimate of drug-likeness (QED) is 0.792. The van der Waals surface area contributed by atoms with Crippen LogP contribution in [-0.4, -0.2) is 47.8 Å². The number of carbonyl (C=O) groups excluding carboxylic acids is 1. The first-order chi connectivity index (χ1) is 12.3. The number of carbonyl (C=O) groups is 1. The minimum Gasteiger partial charge on any atom is -0.444 e. The molecule has 2 aliphatic heterocycles. The summed E-state index contributed by atoms with van der Waals surface area (Å²) in [7, 11) is 0. The summed E-state index contributed by atoms with van der Waals surface area (Å²) in [6.45, 7) is 11.7. The minimum atomic E-state index is -0.412. The lowest BCUT2D eigenvalue weighted by Gasteiger charge is -2.40. The van der Waals surface area contributed by atoms with Crippen molar-refractivity contribution in [2.75, 3.05) is 31.1 Å². The van der Waals surface area contributed by atoms with Gasteiger partial charge in [0, 0.05) is 32.4 Å². The molecule has 26 heavy (non-hydrogen) atoms. The van der Waals surface area contributed by atoms with E-state index in [-0.39, 0.29) is 6.09 Å². The zero-order chi connectivity index (χ0) is 18.7. The van der Waals surface area contributed by atoms with Crippen LogP contribution in [0.25, 0.3) is 0 Å². The SMILES string of the molecule is Cc1ccc(N2CCC(C3CCN(C(=O)OC(C)(C)C)CC3)CC2)nc1. The maximum absolute atomic E-state index is 12.2. The summed E-state index contributed by atoms with van der Waals surface area (Å²) in [4.78, 5) is 21.1. The van der Waals surface area contributed by atoms with Crippen LogP contribution in [0.3, 0.4) is 0 Å². The summed E-state index contributed by atoms with van der Waals surface area (Å²) < 4.78 is 5.50. The smallest absolute Gasteiger partial charge is 0.410 e. The Morgan fingerprint density at radius 2 is 1.62 bits per heavy atom. The highest BCUT2D eigenvalue weighted by molar-refractivity contribution is 5.68. The fourth-order valence-corrected chi connectivity index (χ4v) is 4.13. The predicted octanol–water partition coefficient (Wildman–Crippen LogP) is 4.25. The third-order valence-electron chi connectivity index (χ3n) is 5.62. The minimum absolute atomic E-state index is 0.156. The summed E-state index contributed by atoms with van der Waals surface area (Å²) >= 11 is 0. The molecule has 0 unspecified atom stereocenters. The van der Waals surface area contributed by atoms with Crippen LogP contribution < -0.4 is 4.90 Å². The summed E-state index contributed by atoms with van der Waals surface area (Å²) in [5.41, 5.74) is 0.797. The van der Waals surface area contributed by atoms with Gasteiger partial charge in [-0.15, -0.1) is 0 Å². The van der Waals surface area contributed by atoms with E-state index >= 15 is 0 Å². The number of hydrogen-bond donors (Lipinski definition) is 0. The standard InChI is InChI=1S/C21H33N3O2/c1-16-5-6-19(22-15-16)23-11-7-17(8-12-23)18-9-13-24(14-10-18)20(25)26-21(2,3)4/h5-6,15,17-18H,7-14H2,1-4H3. The number of amides is 1. The van der Waals surface area contributed by atoms with Crippen molar-refractivity contribution in [2.24, 2.45) is 11.8 Å². The van der Waals surface area contributed by atoms with Crippen molar-refractivity contribution in [3.8, 4) is 0 Å². The van der Waals surface area contributed by atoms with Crippen molar-refractivity contribution in [3.05, 3.63) is 23.9 Å². The first-order valence-electron chi connectivity index (χ1n) is 9.97. The van der Waals surface area contributed by atoms with Crippen molar-refractivity contribution in [2.45, 2.75) is 59.0 Å². The van der Waals surface area contributed by atoms with E-state index in [9.17, 15) is 4.79 Å². The molecular weight excluding hydrogens is 326 g/mol. The van der Waals surface area contributed by atoms with Crippen molar-refractivity contribution >= 4 is 11.9 Å². The lowest BCUT2D eigenvalue weighted by molar-refractivity contribution is 0.0152. The Labute approximate surface area is 157 Å². The van der Waals surface area contributed by atoms with Gasteiger partial charge in [0.2, 0.25) is 0 Å². The molecule has 1 aromatic heterocycles. The Morgan fingerprint density at radius 3 is 2.12 bits per heavy atom. The summed E-state index contributed by atoms with van der Waals surface area (Å²) in [6.07, 6.45) is 6.46. The molecule has 0 atom stereocenters. The summed E-state index contributed by atoms with van der Waals surface area (Å²) in [6, 6.07) is 4.27. The zero-order valence-corrected chi connectivity index (χ0v) is 16.7. The lowest BCUT2D eigenvalue weighted by Crippen LogP contribution is -2.44. The normalized spacial score (nSPS) is 20.3. The maximum atomic E-state index is 12.2. The molecule has 0 aliphatic carbocycles. The molecule has 5 heteroatoms. The number of anilines is 1. The molecule has 0 N–H and O–H groups in total. The second-order valence-corrected chi connectivity index (χ2v) is 8.82. The van der Waals surface area contributed by atoms with Gasteiger partial charge in [0.15, 0.2) is 0 Å². The van der Waals surface area contributed by atoms with E-state index in [1.807, 2.05) is 31.9 Å². The van der Waals surface area contributed by atoms with Crippen molar-refractivity contribution in [1.29, 1.82) is 0 Å². The number of ether oxygens (including phenoxy) is 1. The van der Waals surface area contributed by atoms with Crippen LogP contribution in [0, 0.1) is 18.8 Å². The fraction of sp³-hybridized carbons (Fsp3) is 0.714. The van der Waals surface area contributed by atoms with Gasteiger partial charge in [-0.2, -0.15) is 0 Å². The fourth-order valence-electron chi connectivity index (χ4n) is 4.13. The predicted molar refractivity (Wildman–Crippen MR) is 104 cm³/mol. The molecule has 144 valence electrons. The van der Waals surface area contributed by atoms with E-state index in [2.05, 4.69) is 28.9 Å². The Balaban J connectivity index is 1.45. The molecule has 1 amide bonds. The Bertz CT molecular complexity index is 593. The largest absolute Gasteiger partial charge is 0.444 e. The third-order valence-corrected chi connectivity index (χ3v) is 5.62. The van der Waals surface area contributed by atoms with Crippen LogP contribution in [-0.2, 0) is 4.74 Å². The van der Waals surface area contributed by atoms with Crippen molar-refractivity contribution in [1.82, 2.24) is 9.88 Å². The van der Waals surface area contributed by atoms with E-state index in [0.29, 0.717) is 0 Å². The topological polar surface area (TPSA) is 45.7 Å². The highest BCUT2D eigenvalue weighted by Gasteiger charge is 2.32. The van der Waals surface area contributed by atoms with Crippen LogP contribution in [0.15, 0.2) is 18.3 Å². The van der Waals surface area contributed by atoms with E-state index in [1.54, 1.807) is 0 Å². The molecule has 0 spiro atoms. The molecule has 0 bridgehead atoms. The lowest BCUT2D eigenvalue weighted by atomic mass is 9.79. The van der Waals surface area contributed by atoms with E-state index in [4.69, 9.17) is 4.74 Å². The average Bonchev–Trinajstić information content (AvgIpc) is 2.61. The molecule has 0 aromatic carbocycles. The molecule has 1 aromatic rings. The van der Waals surface area contributed by atoms with E-state index in [0.717, 1.165) is 56.7 Å². The Morgan fingerprint density at radius 1 is 1.04 bits per heavy atom. The van der Waals surface area contributed by atoms with Gasteiger partial charge in [-0.05, 0) is 76.8 Å². The van der Waals surface area contributed by atoms with Gasteiger partial charge in [0.1, 0.15) is 11.4 Å². The molecule has 3 heterocycles. The maximum Gasteiger partial charge on any atom is 0.410 e. The van der Waals surface area contributed by atoms with Crippen LogP contribution >= 0.6 is 0 Å². The van der Waals surface area contributed by atoms with Crippen LogP contribution in [0.4, 0.5) is 10.6 Å². The number of aromatic nitrogens is 1. The zero-order valence-electron chi connectivity index (χ0n) is 16.7. The highest BCUT2D eigenvalue weighted by Crippen LogP contribution is 2.33. The van der Waals surface area contributed by atoms with Crippen LogP contribution in [0.2, 0.25) is 0 Å². The summed E-state index contributed by atoms with van der Waals surface area (Å²) in [5, 5.41) is 0. The number of nitrogens with zero attached hydrogens (tertiary/aromatic N) is 3. The van der Waals surface area contributed by atoms with Gasteiger partial charge in [-0.25, -0.2) is 9.78 Å². The number of aryl methyl sites for hydroxylation is 1. The monoisotopic (exact) mass is 359 g/mol. The second kappa shape index (κ2) is 7.85. The first kappa shape index (κ1) is 19.0. The summed E-state index contributed by atoms with van der Waals surface area (Å²) in [5.74, 6) is 2.62. The molecule has 0 saturated carbocycles. The Kier molecular flexibility index (Phi) is 5.73. The average molecular weight is 360 g/mol. The highest BCUT2D eigenvalue weighted by atomic mass is 16.6. The first-order valence-corrected chi connectivity index (χ1v) is 9.97. The Hall–Kier alpha value is -1.78. The second-order valence-electron chi connectivity index (χ2n) is 8.82. The van der Waals surface area contributed by atoms with Crippen molar-refractivity contribution in [3.63, 3.8) is 0 Å². The number of pyridine rings is 1. The molecule has 2 saturated heterocycles. The molecule has 0 radical (unpaired) electrons. The van der Waals surface area contributed by atoms with Gasteiger partial charge in [-0.3, -0.25) is 0 Å². The van der Waals surface area contributed by atoms with Gasteiger partial charge in [0.05, 0.1) is 0 Å². The van der Waals surface area contributed by atoms with E-state index in [1.165, 1.54) is 18.4 Å². The van der Waals surface area contributed by atoms with Gasteiger partial charge < -0.3 is 14.5 Å². The van der Waals surface area contributed by atoms with Crippen LogP contribution in [0.1, 0.15) is 52.0 Å². The molecule has 2 aliphatic rings. The van der Waals surface area contributed by atoms with E-state index < -0.39 is 5.60 Å². The molecular formula is C21H33N3O2. The number of piperidine rings is 2. The van der Waals surface area contributed by atoms with Gasteiger partial charge >= 0.3 is 6.09 Å². The number of hydrogen-bond acceptors (Lipinski definition) is 4. The van der Waals surface area contributed by atoms with Gasteiger partial charge in [0.25, 0.3) is 0 Å². The number of likely N-dealkylation sites (tertiary alicyclic amines) is 1. The molecule has 2 fully saturated rings. The number of rotatable bonds is 2. The van der Waals surface area contributed by atoms with Gasteiger partial charge in [-0.1, -0.05) is 6.07 Å².